The lowest BCUT2D eigenvalue weighted by Crippen LogP contribution is -2.38. The Morgan fingerprint density at radius 1 is 1.16 bits per heavy atom. The van der Waals surface area contributed by atoms with Gasteiger partial charge in [0.2, 0.25) is 0 Å². The molecule has 0 saturated carbocycles. The standard InChI is InChI=1S/C14H11NO4/c16-12-10-3-1-2-4-11(10)13(17)15(12)9-6-5-8(7-9)14(18)19/h1-5,9H,6-7H2,(H,18,19). The van der Waals surface area contributed by atoms with E-state index in [1.807, 2.05) is 0 Å². The molecule has 1 N–H and O–H groups in total. The van der Waals surface area contributed by atoms with Gasteiger partial charge in [-0.05, 0) is 18.6 Å². The molecule has 1 atom stereocenters. The molecule has 1 aliphatic heterocycles. The minimum absolute atomic E-state index is 0.223. The van der Waals surface area contributed by atoms with Gasteiger partial charge in [-0.2, -0.15) is 0 Å². The summed E-state index contributed by atoms with van der Waals surface area (Å²) in [7, 11) is 0. The van der Waals surface area contributed by atoms with Crippen molar-refractivity contribution >= 4 is 17.8 Å². The molecule has 5 nitrogen and oxygen atoms in total. The van der Waals surface area contributed by atoms with Crippen LogP contribution in [0.5, 0.6) is 0 Å². The van der Waals surface area contributed by atoms with E-state index in [0.29, 0.717) is 17.5 Å². The Morgan fingerprint density at radius 2 is 1.74 bits per heavy atom. The molecule has 1 unspecified atom stereocenters. The fraction of sp³-hybridized carbons (Fsp3) is 0.214. The van der Waals surface area contributed by atoms with Gasteiger partial charge in [-0.1, -0.05) is 18.2 Å². The highest BCUT2D eigenvalue weighted by molar-refractivity contribution is 6.21. The maximum Gasteiger partial charge on any atom is 0.331 e. The van der Waals surface area contributed by atoms with Gasteiger partial charge in [0, 0.05) is 18.0 Å². The smallest absolute Gasteiger partial charge is 0.331 e. The maximum absolute atomic E-state index is 12.2. The Labute approximate surface area is 109 Å². The molecule has 2 amide bonds. The summed E-state index contributed by atoms with van der Waals surface area (Å²) in [6.07, 6.45) is 2.21. The topological polar surface area (TPSA) is 74.7 Å². The van der Waals surface area contributed by atoms with E-state index in [1.165, 1.54) is 4.90 Å². The van der Waals surface area contributed by atoms with Crippen LogP contribution in [0.2, 0.25) is 0 Å². The van der Waals surface area contributed by atoms with Crippen LogP contribution in [0.1, 0.15) is 33.6 Å². The molecular weight excluding hydrogens is 246 g/mol. The van der Waals surface area contributed by atoms with Crippen LogP contribution >= 0.6 is 0 Å². The molecule has 19 heavy (non-hydrogen) atoms. The van der Waals surface area contributed by atoms with Gasteiger partial charge in [0.15, 0.2) is 0 Å². The molecule has 2 aliphatic rings. The van der Waals surface area contributed by atoms with E-state index in [9.17, 15) is 14.4 Å². The molecule has 5 heteroatoms. The fourth-order valence-electron chi connectivity index (χ4n) is 2.61. The first-order valence-electron chi connectivity index (χ1n) is 5.99. The van der Waals surface area contributed by atoms with E-state index < -0.39 is 5.97 Å². The molecule has 0 saturated heterocycles. The van der Waals surface area contributed by atoms with Gasteiger partial charge in [0.1, 0.15) is 0 Å². The highest BCUT2D eigenvalue weighted by Crippen LogP contribution is 2.31. The third-order valence-electron chi connectivity index (χ3n) is 3.56. The summed E-state index contributed by atoms with van der Waals surface area (Å²) in [4.78, 5) is 36.5. The Morgan fingerprint density at radius 3 is 2.21 bits per heavy atom. The highest BCUT2D eigenvalue weighted by Gasteiger charge is 2.41. The predicted octanol–water partition coefficient (Wildman–Crippen LogP) is 1.46. The maximum atomic E-state index is 12.2. The molecule has 0 aromatic heterocycles. The molecular formula is C14H11NO4. The number of aliphatic carboxylic acids is 1. The van der Waals surface area contributed by atoms with Crippen LogP contribution < -0.4 is 0 Å². The van der Waals surface area contributed by atoms with Crippen LogP contribution in [-0.2, 0) is 4.79 Å². The number of carboxylic acids is 1. The van der Waals surface area contributed by atoms with Crippen molar-refractivity contribution in [3.63, 3.8) is 0 Å². The van der Waals surface area contributed by atoms with Gasteiger partial charge in [-0.3, -0.25) is 14.5 Å². The largest absolute Gasteiger partial charge is 0.478 e. The van der Waals surface area contributed by atoms with Gasteiger partial charge in [-0.15, -0.1) is 0 Å². The van der Waals surface area contributed by atoms with Gasteiger partial charge in [0.25, 0.3) is 11.8 Å². The van der Waals surface area contributed by atoms with Crippen LogP contribution in [0, 0.1) is 0 Å². The molecule has 1 aliphatic carbocycles. The Bertz CT molecular complexity index is 597. The second-order valence-electron chi connectivity index (χ2n) is 4.65. The molecule has 96 valence electrons. The van der Waals surface area contributed by atoms with Crippen molar-refractivity contribution in [2.75, 3.05) is 0 Å². The monoisotopic (exact) mass is 257 g/mol. The Hall–Kier alpha value is -2.43. The number of carbonyl (C=O) groups is 3. The Balaban J connectivity index is 1.88. The molecule has 0 bridgehead atoms. The van der Waals surface area contributed by atoms with Crippen molar-refractivity contribution in [1.29, 1.82) is 0 Å². The number of fused-ring (bicyclic) bond motifs is 1. The number of rotatable bonds is 2. The number of carboxylic acid groups (broad SMARTS) is 1. The number of hydrogen-bond acceptors (Lipinski definition) is 3. The number of hydrogen-bond donors (Lipinski definition) is 1. The lowest BCUT2D eigenvalue weighted by atomic mass is 10.1. The average molecular weight is 257 g/mol. The van der Waals surface area contributed by atoms with Crippen LogP contribution in [0.3, 0.4) is 0 Å². The van der Waals surface area contributed by atoms with Crippen molar-refractivity contribution in [1.82, 2.24) is 4.90 Å². The lowest BCUT2D eigenvalue weighted by Gasteiger charge is -2.21. The molecule has 1 heterocycles. The van der Waals surface area contributed by atoms with Crippen molar-refractivity contribution in [3.05, 3.63) is 47.0 Å². The van der Waals surface area contributed by atoms with Crippen molar-refractivity contribution in [2.45, 2.75) is 18.9 Å². The highest BCUT2D eigenvalue weighted by atomic mass is 16.4. The second-order valence-corrected chi connectivity index (χ2v) is 4.65. The average Bonchev–Trinajstić information content (AvgIpc) is 2.96. The second kappa shape index (κ2) is 4.05. The molecule has 0 radical (unpaired) electrons. The summed E-state index contributed by atoms with van der Waals surface area (Å²) < 4.78 is 0. The fourth-order valence-corrected chi connectivity index (χ4v) is 2.61. The van der Waals surface area contributed by atoms with Crippen molar-refractivity contribution in [3.8, 4) is 0 Å². The van der Waals surface area contributed by atoms with Crippen molar-refractivity contribution < 1.29 is 19.5 Å². The van der Waals surface area contributed by atoms with Gasteiger partial charge in [-0.25, -0.2) is 4.79 Å². The number of nitrogens with zero attached hydrogens (tertiary/aromatic N) is 1. The SMILES string of the molecule is O=C(O)C1=CCC(N2C(=O)c3ccccc3C2=O)C1. The zero-order chi connectivity index (χ0) is 13.6. The van der Waals surface area contributed by atoms with Crippen LogP contribution in [0.4, 0.5) is 0 Å². The summed E-state index contributed by atoms with van der Waals surface area (Å²) in [6.45, 7) is 0. The zero-order valence-electron chi connectivity index (χ0n) is 10.00. The predicted molar refractivity (Wildman–Crippen MR) is 65.7 cm³/mol. The molecule has 1 aromatic rings. The summed E-state index contributed by atoms with van der Waals surface area (Å²) >= 11 is 0. The summed E-state index contributed by atoms with van der Waals surface area (Å²) in [5.74, 6) is -1.64. The van der Waals surface area contributed by atoms with Crippen LogP contribution in [-0.4, -0.2) is 33.8 Å². The van der Waals surface area contributed by atoms with E-state index >= 15 is 0 Å². The van der Waals surface area contributed by atoms with E-state index in [4.69, 9.17) is 5.11 Å². The summed E-state index contributed by atoms with van der Waals surface area (Å²) in [5, 5.41) is 8.92. The van der Waals surface area contributed by atoms with E-state index in [1.54, 1.807) is 30.3 Å². The van der Waals surface area contributed by atoms with E-state index in [-0.39, 0.29) is 29.9 Å². The normalized spacial score (nSPS) is 21.6. The summed E-state index contributed by atoms with van der Waals surface area (Å²) in [5.41, 5.74) is 1.06. The zero-order valence-corrected chi connectivity index (χ0v) is 10.00. The molecule has 0 fully saturated rings. The number of carbonyl (C=O) groups excluding carboxylic acids is 2. The van der Waals surface area contributed by atoms with Gasteiger partial charge in [0.05, 0.1) is 11.1 Å². The van der Waals surface area contributed by atoms with Crippen LogP contribution in [0.25, 0.3) is 0 Å². The lowest BCUT2D eigenvalue weighted by molar-refractivity contribution is -0.132. The van der Waals surface area contributed by atoms with Gasteiger partial charge < -0.3 is 5.11 Å². The minimum atomic E-state index is -0.987. The number of imide groups is 1. The minimum Gasteiger partial charge on any atom is -0.478 e. The van der Waals surface area contributed by atoms with E-state index in [2.05, 4.69) is 0 Å². The first-order valence-corrected chi connectivity index (χ1v) is 5.99. The van der Waals surface area contributed by atoms with Gasteiger partial charge >= 0.3 is 5.97 Å². The first kappa shape index (κ1) is 11.6. The summed E-state index contributed by atoms with van der Waals surface area (Å²) in [6, 6.07) is 6.29. The molecule has 0 spiro atoms. The quantitative estimate of drug-likeness (QED) is 0.814. The third kappa shape index (κ3) is 1.66. The number of benzene rings is 1. The third-order valence-corrected chi connectivity index (χ3v) is 3.56. The number of amides is 2. The van der Waals surface area contributed by atoms with E-state index in [0.717, 1.165) is 0 Å². The molecule has 1 aromatic carbocycles. The van der Waals surface area contributed by atoms with Crippen molar-refractivity contribution in [2.24, 2.45) is 0 Å². The first-order chi connectivity index (χ1) is 9.09. The molecule has 3 rings (SSSR count). The Kier molecular flexibility index (Phi) is 2.48. The van der Waals surface area contributed by atoms with Crippen LogP contribution in [0.15, 0.2) is 35.9 Å².